The summed E-state index contributed by atoms with van der Waals surface area (Å²) in [4.78, 5) is 0. The normalized spacial score (nSPS) is 27.3. The lowest BCUT2D eigenvalue weighted by molar-refractivity contribution is 0.297. The first-order valence-electron chi connectivity index (χ1n) is 5.95. The van der Waals surface area contributed by atoms with Gasteiger partial charge in [-0.3, -0.25) is 0 Å². The molecule has 1 aliphatic rings. The molecule has 1 aliphatic carbocycles. The highest BCUT2D eigenvalue weighted by Gasteiger charge is 2.21. The lowest BCUT2D eigenvalue weighted by Gasteiger charge is -2.29. The van der Waals surface area contributed by atoms with Crippen LogP contribution in [0.15, 0.2) is 24.3 Å². The molecule has 0 heterocycles. The van der Waals surface area contributed by atoms with Gasteiger partial charge in [0.1, 0.15) is 0 Å². The Bertz CT molecular complexity index is 204. The fourth-order valence-corrected chi connectivity index (χ4v) is 2.56. The third-order valence-electron chi connectivity index (χ3n) is 3.52. The number of allylic oxidation sites excluding steroid dienone is 2. The van der Waals surface area contributed by atoms with Crippen molar-refractivity contribution in [2.24, 2.45) is 11.8 Å². The summed E-state index contributed by atoms with van der Waals surface area (Å²) in [5, 5.41) is 0. The lowest BCUT2D eigenvalue weighted by atomic mass is 9.76. The molecular formula is C14H24. The summed E-state index contributed by atoms with van der Waals surface area (Å²) in [6, 6.07) is 0. The molecule has 0 aromatic heterocycles. The highest BCUT2D eigenvalue weighted by atomic mass is 14.3. The van der Waals surface area contributed by atoms with E-state index in [-0.39, 0.29) is 0 Å². The highest BCUT2D eigenvalue weighted by molar-refractivity contribution is 5.02. The monoisotopic (exact) mass is 192 g/mol. The molecule has 0 aromatic rings. The Labute approximate surface area is 89.1 Å². The number of hydrogen-bond acceptors (Lipinski definition) is 0. The Morgan fingerprint density at radius 3 is 2.14 bits per heavy atom. The molecule has 0 nitrogen and oxygen atoms in total. The van der Waals surface area contributed by atoms with Crippen LogP contribution in [0, 0.1) is 11.8 Å². The summed E-state index contributed by atoms with van der Waals surface area (Å²) < 4.78 is 0. The fraction of sp³-hybridized carbons (Fsp3) is 0.714. The summed E-state index contributed by atoms with van der Waals surface area (Å²) in [6.45, 7) is 12.5. The maximum atomic E-state index is 4.17. The van der Waals surface area contributed by atoms with Crippen molar-refractivity contribution in [2.75, 3.05) is 0 Å². The smallest absolute Gasteiger partial charge is 0.0206 e. The molecular weight excluding hydrogens is 168 g/mol. The zero-order valence-corrected chi connectivity index (χ0v) is 9.81. The van der Waals surface area contributed by atoms with Crippen molar-refractivity contribution < 1.29 is 0 Å². The standard InChI is InChI=1S/C14H24/c1-5-12(4)14-8-6-13(7-9-14)10-11(2)3/h13-14H,2,4-10H2,1,3H3. The summed E-state index contributed by atoms with van der Waals surface area (Å²) in [6.07, 6.45) is 7.91. The third kappa shape index (κ3) is 3.32. The van der Waals surface area contributed by atoms with Crippen LogP contribution in [0.5, 0.6) is 0 Å². The van der Waals surface area contributed by atoms with Crippen molar-refractivity contribution in [1.29, 1.82) is 0 Å². The van der Waals surface area contributed by atoms with E-state index in [0.29, 0.717) is 0 Å². The first kappa shape index (κ1) is 11.6. The molecule has 0 saturated heterocycles. The molecule has 0 N–H and O–H groups in total. The van der Waals surface area contributed by atoms with Crippen molar-refractivity contribution in [3.05, 3.63) is 24.3 Å². The van der Waals surface area contributed by atoms with E-state index < -0.39 is 0 Å². The summed E-state index contributed by atoms with van der Waals surface area (Å²) >= 11 is 0. The predicted octanol–water partition coefficient (Wildman–Crippen LogP) is 4.73. The van der Waals surface area contributed by atoms with Crippen LogP contribution in [-0.2, 0) is 0 Å². The first-order chi connectivity index (χ1) is 6.63. The van der Waals surface area contributed by atoms with E-state index in [4.69, 9.17) is 0 Å². The van der Waals surface area contributed by atoms with Gasteiger partial charge in [-0.1, -0.05) is 24.6 Å². The number of rotatable bonds is 4. The van der Waals surface area contributed by atoms with Crippen molar-refractivity contribution in [3.8, 4) is 0 Å². The van der Waals surface area contributed by atoms with Crippen LogP contribution in [0.3, 0.4) is 0 Å². The summed E-state index contributed by atoms with van der Waals surface area (Å²) in [7, 11) is 0. The van der Waals surface area contributed by atoms with Crippen LogP contribution < -0.4 is 0 Å². The van der Waals surface area contributed by atoms with Crippen molar-refractivity contribution in [1.82, 2.24) is 0 Å². The second-order valence-corrected chi connectivity index (χ2v) is 4.89. The van der Waals surface area contributed by atoms with Gasteiger partial charge < -0.3 is 0 Å². The van der Waals surface area contributed by atoms with Gasteiger partial charge in [0.2, 0.25) is 0 Å². The summed E-state index contributed by atoms with van der Waals surface area (Å²) in [5.74, 6) is 1.73. The molecule has 1 rings (SSSR count). The first-order valence-corrected chi connectivity index (χ1v) is 5.95. The lowest BCUT2D eigenvalue weighted by Crippen LogP contribution is -2.15. The van der Waals surface area contributed by atoms with Crippen LogP contribution in [-0.4, -0.2) is 0 Å². The van der Waals surface area contributed by atoms with Gasteiger partial charge in [0, 0.05) is 0 Å². The van der Waals surface area contributed by atoms with Crippen molar-refractivity contribution in [3.63, 3.8) is 0 Å². The minimum Gasteiger partial charge on any atom is -0.100 e. The van der Waals surface area contributed by atoms with E-state index >= 15 is 0 Å². The summed E-state index contributed by atoms with van der Waals surface area (Å²) in [5.41, 5.74) is 2.82. The fourth-order valence-electron chi connectivity index (χ4n) is 2.56. The third-order valence-corrected chi connectivity index (χ3v) is 3.52. The minimum absolute atomic E-state index is 0.821. The average Bonchev–Trinajstić information content (AvgIpc) is 2.17. The van der Waals surface area contributed by atoms with E-state index in [0.717, 1.165) is 18.3 Å². The molecule has 0 unspecified atom stereocenters. The Hall–Kier alpha value is -0.520. The van der Waals surface area contributed by atoms with E-state index in [2.05, 4.69) is 27.0 Å². The van der Waals surface area contributed by atoms with Gasteiger partial charge in [0.15, 0.2) is 0 Å². The van der Waals surface area contributed by atoms with Gasteiger partial charge in [-0.15, -0.1) is 6.58 Å². The SMILES string of the molecule is C=C(C)CC1CCC(C(=C)CC)CC1. The Morgan fingerprint density at radius 2 is 1.71 bits per heavy atom. The van der Waals surface area contributed by atoms with Crippen molar-refractivity contribution in [2.45, 2.75) is 52.4 Å². The van der Waals surface area contributed by atoms with E-state index in [1.165, 1.54) is 43.3 Å². The Morgan fingerprint density at radius 1 is 1.14 bits per heavy atom. The minimum atomic E-state index is 0.821. The second-order valence-electron chi connectivity index (χ2n) is 4.89. The molecule has 14 heavy (non-hydrogen) atoms. The molecule has 1 fully saturated rings. The zero-order valence-electron chi connectivity index (χ0n) is 9.81. The van der Waals surface area contributed by atoms with Crippen LogP contribution in [0.2, 0.25) is 0 Å². The van der Waals surface area contributed by atoms with E-state index in [9.17, 15) is 0 Å². The number of hydrogen-bond donors (Lipinski definition) is 0. The van der Waals surface area contributed by atoms with E-state index in [1.54, 1.807) is 0 Å². The van der Waals surface area contributed by atoms with Crippen molar-refractivity contribution >= 4 is 0 Å². The molecule has 0 heteroatoms. The molecule has 1 saturated carbocycles. The molecule has 80 valence electrons. The maximum Gasteiger partial charge on any atom is -0.0206 e. The van der Waals surface area contributed by atoms with Gasteiger partial charge in [-0.2, -0.15) is 0 Å². The molecule has 0 aliphatic heterocycles. The second kappa shape index (κ2) is 5.38. The molecule has 0 bridgehead atoms. The quantitative estimate of drug-likeness (QED) is 0.565. The van der Waals surface area contributed by atoms with E-state index in [1.807, 2.05) is 0 Å². The molecule has 0 amide bonds. The Kier molecular flexibility index (Phi) is 4.44. The van der Waals surface area contributed by atoms with Crippen LogP contribution in [0.25, 0.3) is 0 Å². The maximum absolute atomic E-state index is 4.17. The largest absolute Gasteiger partial charge is 0.100 e. The van der Waals surface area contributed by atoms with Crippen LogP contribution >= 0.6 is 0 Å². The predicted molar refractivity (Wildman–Crippen MR) is 64.3 cm³/mol. The zero-order chi connectivity index (χ0) is 10.6. The average molecular weight is 192 g/mol. The van der Waals surface area contributed by atoms with Gasteiger partial charge in [-0.25, -0.2) is 0 Å². The van der Waals surface area contributed by atoms with Crippen LogP contribution in [0.4, 0.5) is 0 Å². The topological polar surface area (TPSA) is 0 Å². The van der Waals surface area contributed by atoms with Gasteiger partial charge in [-0.05, 0) is 57.3 Å². The van der Waals surface area contributed by atoms with Gasteiger partial charge in [0.25, 0.3) is 0 Å². The Balaban J connectivity index is 2.31. The highest BCUT2D eigenvalue weighted by Crippen LogP contribution is 2.35. The van der Waals surface area contributed by atoms with Gasteiger partial charge >= 0.3 is 0 Å². The molecule has 0 atom stereocenters. The molecule has 0 spiro atoms. The van der Waals surface area contributed by atoms with Gasteiger partial charge in [0.05, 0.1) is 0 Å². The molecule has 0 aromatic carbocycles. The molecule has 0 radical (unpaired) electrons. The van der Waals surface area contributed by atoms with Crippen LogP contribution in [0.1, 0.15) is 52.4 Å².